The first-order valence-corrected chi connectivity index (χ1v) is 11.1. The summed E-state index contributed by atoms with van der Waals surface area (Å²) in [5.74, 6) is -1.99. The van der Waals surface area contributed by atoms with Crippen molar-refractivity contribution in [1.82, 2.24) is 9.88 Å². The molecule has 1 saturated heterocycles. The normalized spacial score (nSPS) is 16.2. The molecule has 1 amide bonds. The molecule has 2 heterocycles. The molecule has 1 aliphatic heterocycles. The molecule has 4 rings (SSSR count). The van der Waals surface area contributed by atoms with Crippen LogP contribution in [0.5, 0.6) is 0 Å². The monoisotopic (exact) mass is 458 g/mol. The molecule has 34 heavy (non-hydrogen) atoms. The number of carboxylic acids is 1. The van der Waals surface area contributed by atoms with Gasteiger partial charge in [0.2, 0.25) is 5.56 Å². The van der Waals surface area contributed by atoms with E-state index in [0.29, 0.717) is 24.1 Å². The number of likely N-dealkylation sites (tertiary alicyclic amines) is 1. The van der Waals surface area contributed by atoms with Gasteiger partial charge in [-0.3, -0.25) is 19.8 Å². The number of nitrogen functional groups attached to an aromatic ring is 1. The van der Waals surface area contributed by atoms with Crippen LogP contribution in [0.15, 0.2) is 71.7 Å². The molecule has 0 saturated carbocycles. The topological polar surface area (TPSA) is 140 Å². The van der Waals surface area contributed by atoms with E-state index in [0.717, 1.165) is 23.1 Å². The number of pyridine rings is 1. The molecule has 0 bridgehead atoms. The van der Waals surface area contributed by atoms with Gasteiger partial charge < -0.3 is 20.7 Å². The Labute approximate surface area is 196 Å². The van der Waals surface area contributed by atoms with E-state index in [2.05, 4.69) is 4.98 Å². The van der Waals surface area contributed by atoms with Crippen molar-refractivity contribution in [1.29, 1.82) is 5.41 Å². The average molecular weight is 459 g/mol. The standard InChI is InChI=1S/C26H26N4O4/c27-24(28)19-4-1-3-16(13-19)14-21(26(33)34)22-5-2-12-30(22)25(32)18-8-6-17(7-9-18)20-10-11-23(31)29-15-20/h1,3-4,6-11,13,15,21-22H,2,5,12,14H2,(H3,27,28)(H,29,31)(H,33,34). The summed E-state index contributed by atoms with van der Waals surface area (Å²) in [6.45, 7) is 0.502. The Morgan fingerprint density at radius 3 is 2.47 bits per heavy atom. The van der Waals surface area contributed by atoms with Crippen LogP contribution in [0.2, 0.25) is 0 Å². The summed E-state index contributed by atoms with van der Waals surface area (Å²) in [7, 11) is 0. The fourth-order valence-corrected chi connectivity index (χ4v) is 4.53. The van der Waals surface area contributed by atoms with Gasteiger partial charge in [-0.15, -0.1) is 0 Å². The number of H-pyrrole nitrogens is 1. The molecule has 2 atom stereocenters. The lowest BCUT2D eigenvalue weighted by Crippen LogP contribution is -2.43. The number of amidine groups is 1. The molecular formula is C26H26N4O4. The Morgan fingerprint density at radius 2 is 1.82 bits per heavy atom. The maximum atomic E-state index is 13.3. The summed E-state index contributed by atoms with van der Waals surface area (Å²) in [6, 6.07) is 16.8. The number of benzene rings is 2. The smallest absolute Gasteiger partial charge is 0.308 e. The van der Waals surface area contributed by atoms with Crippen LogP contribution in [0.4, 0.5) is 0 Å². The fourth-order valence-electron chi connectivity index (χ4n) is 4.53. The van der Waals surface area contributed by atoms with Gasteiger partial charge in [-0.25, -0.2) is 0 Å². The number of nitrogens with two attached hydrogens (primary N) is 1. The van der Waals surface area contributed by atoms with Gasteiger partial charge in [0.05, 0.1) is 5.92 Å². The molecule has 0 aliphatic carbocycles. The van der Waals surface area contributed by atoms with Crippen molar-refractivity contribution in [3.8, 4) is 11.1 Å². The maximum absolute atomic E-state index is 13.3. The van der Waals surface area contributed by atoms with Gasteiger partial charge in [-0.2, -0.15) is 0 Å². The first-order valence-electron chi connectivity index (χ1n) is 11.1. The molecule has 0 spiro atoms. The van der Waals surface area contributed by atoms with Crippen LogP contribution in [0, 0.1) is 11.3 Å². The van der Waals surface area contributed by atoms with Gasteiger partial charge in [0.15, 0.2) is 0 Å². The highest BCUT2D eigenvalue weighted by Gasteiger charge is 2.38. The van der Waals surface area contributed by atoms with Crippen molar-refractivity contribution in [3.05, 3.63) is 93.9 Å². The number of carbonyl (C=O) groups excluding carboxylic acids is 1. The Kier molecular flexibility index (Phi) is 6.58. The van der Waals surface area contributed by atoms with E-state index in [4.69, 9.17) is 11.1 Å². The summed E-state index contributed by atoms with van der Waals surface area (Å²) < 4.78 is 0. The zero-order valence-electron chi connectivity index (χ0n) is 18.5. The molecule has 2 unspecified atom stereocenters. The molecule has 174 valence electrons. The number of carboxylic acid groups (broad SMARTS) is 1. The summed E-state index contributed by atoms with van der Waals surface area (Å²) in [4.78, 5) is 41.1. The van der Waals surface area contributed by atoms with Crippen molar-refractivity contribution in [2.75, 3.05) is 6.54 Å². The van der Waals surface area contributed by atoms with Crippen LogP contribution in [-0.2, 0) is 11.2 Å². The lowest BCUT2D eigenvalue weighted by molar-refractivity contribution is -0.143. The van der Waals surface area contributed by atoms with Crippen LogP contribution < -0.4 is 11.3 Å². The van der Waals surface area contributed by atoms with Crippen LogP contribution in [0.3, 0.4) is 0 Å². The molecule has 0 radical (unpaired) electrons. The number of amides is 1. The average Bonchev–Trinajstić information content (AvgIpc) is 3.32. The van der Waals surface area contributed by atoms with Gasteiger partial charge in [0, 0.05) is 36.0 Å². The second-order valence-electron chi connectivity index (χ2n) is 8.49. The summed E-state index contributed by atoms with van der Waals surface area (Å²) in [6.07, 6.45) is 3.22. The van der Waals surface area contributed by atoms with Gasteiger partial charge in [-0.1, -0.05) is 30.3 Å². The SMILES string of the molecule is N=C(N)c1cccc(CC(C(=O)O)C2CCCN2C(=O)c2ccc(-c3ccc(=O)[nH]c3)cc2)c1. The van der Waals surface area contributed by atoms with Crippen molar-refractivity contribution < 1.29 is 14.7 Å². The van der Waals surface area contributed by atoms with Crippen molar-refractivity contribution in [2.24, 2.45) is 11.7 Å². The van der Waals surface area contributed by atoms with Gasteiger partial charge in [0.1, 0.15) is 5.84 Å². The van der Waals surface area contributed by atoms with E-state index >= 15 is 0 Å². The third-order valence-corrected chi connectivity index (χ3v) is 6.28. The number of aromatic amines is 1. The lowest BCUT2D eigenvalue weighted by atomic mass is 9.89. The Morgan fingerprint density at radius 1 is 1.09 bits per heavy atom. The molecule has 8 nitrogen and oxygen atoms in total. The number of nitrogens with zero attached hydrogens (tertiary/aromatic N) is 1. The predicted octanol–water partition coefficient (Wildman–Crippen LogP) is 2.87. The highest BCUT2D eigenvalue weighted by Crippen LogP contribution is 2.29. The molecule has 1 aromatic heterocycles. The summed E-state index contributed by atoms with van der Waals surface area (Å²) in [5.41, 5.74) is 8.88. The number of carbonyl (C=O) groups is 2. The molecule has 1 aliphatic rings. The van der Waals surface area contributed by atoms with E-state index < -0.39 is 17.9 Å². The number of nitrogens with one attached hydrogen (secondary N) is 2. The quantitative estimate of drug-likeness (QED) is 0.318. The largest absolute Gasteiger partial charge is 0.481 e. The Balaban J connectivity index is 1.54. The van der Waals surface area contributed by atoms with Gasteiger partial charge >= 0.3 is 5.97 Å². The second kappa shape index (κ2) is 9.74. The van der Waals surface area contributed by atoms with E-state index in [9.17, 15) is 19.5 Å². The zero-order valence-corrected chi connectivity index (χ0v) is 18.5. The molecule has 8 heteroatoms. The highest BCUT2D eigenvalue weighted by atomic mass is 16.4. The van der Waals surface area contributed by atoms with E-state index in [1.165, 1.54) is 6.07 Å². The Hall–Kier alpha value is -4.20. The molecule has 2 aromatic carbocycles. The predicted molar refractivity (Wildman–Crippen MR) is 129 cm³/mol. The number of hydrogen-bond acceptors (Lipinski definition) is 4. The number of aliphatic carboxylic acids is 1. The van der Waals surface area contributed by atoms with E-state index in [-0.39, 0.29) is 23.7 Å². The van der Waals surface area contributed by atoms with Crippen LogP contribution in [-0.4, -0.2) is 45.3 Å². The van der Waals surface area contributed by atoms with Gasteiger partial charge in [-0.05, 0) is 60.2 Å². The minimum Gasteiger partial charge on any atom is -0.481 e. The van der Waals surface area contributed by atoms with E-state index in [1.54, 1.807) is 47.5 Å². The first-order chi connectivity index (χ1) is 16.3. The Bertz CT molecular complexity index is 1260. The summed E-state index contributed by atoms with van der Waals surface area (Å²) in [5, 5.41) is 17.6. The summed E-state index contributed by atoms with van der Waals surface area (Å²) >= 11 is 0. The van der Waals surface area contributed by atoms with Gasteiger partial charge in [0.25, 0.3) is 5.91 Å². The maximum Gasteiger partial charge on any atom is 0.308 e. The van der Waals surface area contributed by atoms with Crippen molar-refractivity contribution >= 4 is 17.7 Å². The molecule has 3 aromatic rings. The van der Waals surface area contributed by atoms with Crippen molar-refractivity contribution in [2.45, 2.75) is 25.3 Å². The van der Waals surface area contributed by atoms with Crippen LogP contribution >= 0.6 is 0 Å². The van der Waals surface area contributed by atoms with Crippen LogP contribution in [0.1, 0.15) is 34.3 Å². The number of hydrogen-bond donors (Lipinski definition) is 4. The zero-order chi connectivity index (χ0) is 24.2. The third-order valence-electron chi connectivity index (χ3n) is 6.28. The lowest BCUT2D eigenvalue weighted by Gasteiger charge is -2.30. The third kappa shape index (κ3) is 4.91. The first kappa shape index (κ1) is 23.0. The molecular weight excluding hydrogens is 432 g/mol. The van der Waals surface area contributed by atoms with Crippen LogP contribution in [0.25, 0.3) is 11.1 Å². The molecule has 5 N–H and O–H groups in total. The number of rotatable bonds is 7. The molecule has 1 fully saturated rings. The van der Waals surface area contributed by atoms with E-state index in [1.807, 2.05) is 18.2 Å². The highest BCUT2D eigenvalue weighted by molar-refractivity contribution is 5.96. The second-order valence-corrected chi connectivity index (χ2v) is 8.49. The number of aromatic nitrogens is 1. The fraction of sp³-hybridized carbons (Fsp3) is 0.231. The van der Waals surface area contributed by atoms with Crippen molar-refractivity contribution in [3.63, 3.8) is 0 Å². The minimum atomic E-state index is -0.952. The minimum absolute atomic E-state index is 0.0725.